The zero-order valence-electron chi connectivity index (χ0n) is 18.2. The van der Waals surface area contributed by atoms with Crippen molar-refractivity contribution in [1.82, 2.24) is 25.7 Å². The number of benzene rings is 2. The van der Waals surface area contributed by atoms with Gasteiger partial charge in [-0.25, -0.2) is 9.78 Å². The second-order valence-corrected chi connectivity index (χ2v) is 7.85. The molecule has 0 saturated carbocycles. The van der Waals surface area contributed by atoms with E-state index >= 15 is 0 Å². The first-order valence-corrected chi connectivity index (χ1v) is 10.4. The van der Waals surface area contributed by atoms with Gasteiger partial charge in [0.05, 0.1) is 18.0 Å². The largest absolute Gasteiger partial charge is 0.497 e. The number of methoxy groups -OCH3 is 1. The number of para-hydroxylation sites is 1. The molecule has 0 bridgehead atoms. The van der Waals surface area contributed by atoms with Gasteiger partial charge in [-0.05, 0) is 43.2 Å². The van der Waals surface area contributed by atoms with Crippen LogP contribution in [-0.4, -0.2) is 39.9 Å². The van der Waals surface area contributed by atoms with Crippen LogP contribution >= 0.6 is 0 Å². The predicted octanol–water partition coefficient (Wildman–Crippen LogP) is 1.75. The van der Waals surface area contributed by atoms with Crippen molar-refractivity contribution in [3.8, 4) is 5.75 Å². The summed E-state index contributed by atoms with van der Waals surface area (Å²) in [5.74, 6) is -0.100. The Hall–Kier alpha value is -4.21. The molecule has 10 nitrogen and oxygen atoms in total. The van der Waals surface area contributed by atoms with Gasteiger partial charge in [0, 0.05) is 12.8 Å². The molecule has 170 valence electrons. The zero-order valence-corrected chi connectivity index (χ0v) is 18.2. The number of aromatic amines is 1. The van der Waals surface area contributed by atoms with Crippen LogP contribution in [-0.2, 0) is 21.5 Å². The van der Waals surface area contributed by atoms with Gasteiger partial charge in [-0.1, -0.05) is 24.3 Å². The fourth-order valence-corrected chi connectivity index (χ4v) is 3.72. The van der Waals surface area contributed by atoms with Crippen LogP contribution in [0.1, 0.15) is 31.2 Å². The predicted molar refractivity (Wildman–Crippen MR) is 119 cm³/mol. The van der Waals surface area contributed by atoms with E-state index < -0.39 is 23.4 Å². The Bertz CT molecular complexity index is 1300. The molecular weight excluding hydrogens is 426 g/mol. The van der Waals surface area contributed by atoms with E-state index in [0.717, 1.165) is 0 Å². The third-order valence-corrected chi connectivity index (χ3v) is 5.55. The summed E-state index contributed by atoms with van der Waals surface area (Å²) < 4.78 is 5.19. The smallest absolute Gasteiger partial charge is 0.344 e. The molecule has 10 heteroatoms. The number of amides is 4. The van der Waals surface area contributed by atoms with Gasteiger partial charge in [0.15, 0.2) is 0 Å². The maximum atomic E-state index is 13.0. The first-order chi connectivity index (χ1) is 15.8. The molecule has 33 heavy (non-hydrogen) atoms. The Kier molecular flexibility index (Phi) is 5.82. The Labute approximate surface area is 188 Å². The number of urea groups is 1. The van der Waals surface area contributed by atoms with Crippen molar-refractivity contribution in [3.05, 3.63) is 70.3 Å². The summed E-state index contributed by atoms with van der Waals surface area (Å²) in [5.41, 5.74) is 1.90. The monoisotopic (exact) mass is 449 g/mol. The number of hydrogen-bond donors (Lipinski definition) is 3. The summed E-state index contributed by atoms with van der Waals surface area (Å²) in [6.45, 7) is 1.57. The molecule has 4 amide bonds. The quantitative estimate of drug-likeness (QED) is 0.471. The van der Waals surface area contributed by atoms with Crippen molar-refractivity contribution in [1.29, 1.82) is 0 Å². The normalized spacial score (nSPS) is 17.8. The molecule has 1 fully saturated rings. The van der Waals surface area contributed by atoms with Gasteiger partial charge in [-0.15, -0.1) is 0 Å². The van der Waals surface area contributed by atoms with Gasteiger partial charge in [0.25, 0.3) is 11.5 Å². The summed E-state index contributed by atoms with van der Waals surface area (Å²) in [6, 6.07) is 13.1. The lowest BCUT2D eigenvalue weighted by atomic mass is 9.92. The minimum absolute atomic E-state index is 0.0312. The molecule has 2 heterocycles. The number of hydrogen-bond acceptors (Lipinski definition) is 6. The fraction of sp³-hybridized carbons (Fsp3) is 0.261. The molecule has 2 aromatic carbocycles. The lowest BCUT2D eigenvalue weighted by molar-refractivity contribution is -0.139. The van der Waals surface area contributed by atoms with Gasteiger partial charge < -0.3 is 15.0 Å². The molecule has 1 aliphatic heterocycles. The van der Waals surface area contributed by atoms with Gasteiger partial charge in [-0.2, -0.15) is 5.01 Å². The minimum atomic E-state index is -1.34. The number of nitrogens with one attached hydrogen (secondary N) is 3. The van der Waals surface area contributed by atoms with E-state index in [9.17, 15) is 19.2 Å². The molecule has 0 aliphatic carbocycles. The highest BCUT2D eigenvalue weighted by atomic mass is 16.5. The molecular formula is C23H23N5O5. The van der Waals surface area contributed by atoms with Crippen LogP contribution in [0.3, 0.4) is 0 Å². The van der Waals surface area contributed by atoms with Crippen LogP contribution in [0.15, 0.2) is 53.3 Å². The molecule has 3 N–H and O–H groups in total. The molecule has 1 aliphatic rings. The second-order valence-electron chi connectivity index (χ2n) is 7.85. The average molecular weight is 449 g/mol. The number of nitrogens with zero attached hydrogens (tertiary/aromatic N) is 2. The summed E-state index contributed by atoms with van der Waals surface area (Å²) in [7, 11) is 1.51. The molecule has 0 spiro atoms. The SMILES string of the molecule is COc1cccc([C@@]2(C)NC(=O)N(NC(=O)CCCc3nc4ccccc4c(=O)[nH]3)C2=O)c1. The van der Waals surface area contributed by atoms with Crippen LogP contribution in [0.4, 0.5) is 4.79 Å². The number of rotatable bonds is 7. The van der Waals surface area contributed by atoms with Crippen LogP contribution in [0.5, 0.6) is 5.75 Å². The van der Waals surface area contributed by atoms with E-state index in [0.29, 0.717) is 45.9 Å². The van der Waals surface area contributed by atoms with Gasteiger partial charge in [0.2, 0.25) is 5.91 Å². The van der Waals surface area contributed by atoms with E-state index in [1.54, 1.807) is 55.5 Å². The van der Waals surface area contributed by atoms with E-state index in [1.807, 2.05) is 0 Å². The van der Waals surface area contributed by atoms with Crippen LogP contribution < -0.4 is 21.0 Å². The number of H-pyrrole nitrogens is 1. The summed E-state index contributed by atoms with van der Waals surface area (Å²) in [5, 5.41) is 3.82. The number of aromatic nitrogens is 2. The Morgan fingerprint density at radius 2 is 1.94 bits per heavy atom. The molecule has 0 unspecified atom stereocenters. The number of aryl methyl sites for hydroxylation is 1. The second kappa shape index (κ2) is 8.73. The van der Waals surface area contributed by atoms with Crippen molar-refractivity contribution in [2.24, 2.45) is 0 Å². The summed E-state index contributed by atoms with van der Waals surface area (Å²) >= 11 is 0. The van der Waals surface area contributed by atoms with Crippen LogP contribution in [0.25, 0.3) is 10.9 Å². The lowest BCUT2D eigenvalue weighted by Crippen LogP contribution is -2.47. The molecule has 0 radical (unpaired) electrons. The van der Waals surface area contributed by atoms with E-state index in [1.165, 1.54) is 7.11 Å². The maximum Gasteiger partial charge on any atom is 0.344 e. The number of ether oxygens (including phenoxy) is 1. The maximum absolute atomic E-state index is 13.0. The van der Waals surface area contributed by atoms with Crippen molar-refractivity contribution < 1.29 is 19.1 Å². The third-order valence-electron chi connectivity index (χ3n) is 5.55. The molecule has 3 aromatic rings. The average Bonchev–Trinajstić information content (AvgIpc) is 3.03. The zero-order chi connectivity index (χ0) is 23.6. The Morgan fingerprint density at radius 3 is 2.73 bits per heavy atom. The fourth-order valence-electron chi connectivity index (χ4n) is 3.72. The highest BCUT2D eigenvalue weighted by molar-refractivity contribution is 6.08. The number of carbonyl (C=O) groups excluding carboxylic acids is 3. The number of carbonyl (C=O) groups is 3. The standard InChI is InChI=1S/C23H23N5O5/c1-23(14-7-5-8-15(13-14)33-2)21(31)28(22(32)26-23)27-19(29)12-6-11-18-24-17-10-4-3-9-16(17)20(30)25-18/h3-5,7-10,13H,6,11-12H2,1-2H3,(H,26,32)(H,27,29)(H,24,25,30)/t23-/m1/s1. The highest BCUT2D eigenvalue weighted by Gasteiger charge is 2.50. The van der Waals surface area contributed by atoms with Crippen LogP contribution in [0, 0.1) is 0 Å². The molecule has 1 saturated heterocycles. The third kappa shape index (κ3) is 4.27. The first kappa shape index (κ1) is 22.0. The topological polar surface area (TPSA) is 133 Å². The Morgan fingerprint density at radius 1 is 1.15 bits per heavy atom. The van der Waals surface area contributed by atoms with E-state index in [2.05, 4.69) is 20.7 Å². The number of fused-ring (bicyclic) bond motifs is 1. The first-order valence-electron chi connectivity index (χ1n) is 10.4. The summed E-state index contributed by atoms with van der Waals surface area (Å²) in [6.07, 6.45) is 0.753. The molecule has 1 atom stereocenters. The van der Waals surface area contributed by atoms with Crippen molar-refractivity contribution in [2.45, 2.75) is 31.7 Å². The lowest BCUT2D eigenvalue weighted by Gasteiger charge is -2.22. The number of hydrazine groups is 1. The minimum Gasteiger partial charge on any atom is -0.497 e. The number of imide groups is 1. The van der Waals surface area contributed by atoms with Crippen molar-refractivity contribution in [3.63, 3.8) is 0 Å². The van der Waals surface area contributed by atoms with Gasteiger partial charge in [-0.3, -0.25) is 19.8 Å². The molecule has 1 aromatic heterocycles. The van der Waals surface area contributed by atoms with E-state index in [-0.39, 0.29) is 12.0 Å². The summed E-state index contributed by atoms with van der Waals surface area (Å²) in [4.78, 5) is 57.1. The van der Waals surface area contributed by atoms with Crippen molar-refractivity contribution >= 4 is 28.7 Å². The van der Waals surface area contributed by atoms with Crippen LogP contribution in [0.2, 0.25) is 0 Å². The van der Waals surface area contributed by atoms with Crippen molar-refractivity contribution in [2.75, 3.05) is 7.11 Å². The highest BCUT2D eigenvalue weighted by Crippen LogP contribution is 2.30. The molecule has 4 rings (SSSR count). The van der Waals surface area contributed by atoms with Gasteiger partial charge >= 0.3 is 6.03 Å². The van der Waals surface area contributed by atoms with E-state index in [4.69, 9.17) is 4.74 Å². The Balaban J connectivity index is 1.38. The van der Waals surface area contributed by atoms with Gasteiger partial charge in [0.1, 0.15) is 17.1 Å².